The molecular weight excluding hydrogens is 363 g/mol. The number of benzene rings is 2. The first-order valence-electron chi connectivity index (χ1n) is 7.14. The summed E-state index contributed by atoms with van der Waals surface area (Å²) in [4.78, 5) is 17.8. The van der Waals surface area contributed by atoms with E-state index >= 15 is 0 Å². The van der Waals surface area contributed by atoms with Gasteiger partial charge in [0.1, 0.15) is 12.4 Å². The van der Waals surface area contributed by atoms with Crippen LogP contribution in [0.2, 0.25) is 10.0 Å². The van der Waals surface area contributed by atoms with E-state index in [0.717, 1.165) is 5.06 Å². The summed E-state index contributed by atoms with van der Waals surface area (Å²) in [6.07, 6.45) is 5.12. The number of carbonyl (C=O) groups is 1. The number of phenols is 1. The maximum atomic E-state index is 12.6. The Morgan fingerprint density at radius 2 is 1.80 bits per heavy atom. The normalized spacial score (nSPS) is 10.1. The summed E-state index contributed by atoms with van der Waals surface area (Å²) in [7, 11) is 0. The zero-order chi connectivity index (χ0) is 18.4. The summed E-state index contributed by atoms with van der Waals surface area (Å²) >= 11 is 12.2. The molecule has 128 valence electrons. The molecule has 0 aliphatic heterocycles. The van der Waals surface area contributed by atoms with Crippen LogP contribution in [0.1, 0.15) is 11.1 Å². The number of amides is 1. The lowest BCUT2D eigenvalue weighted by atomic mass is 10.1. The highest BCUT2D eigenvalue weighted by Crippen LogP contribution is 2.26. The summed E-state index contributed by atoms with van der Waals surface area (Å²) in [5.74, 6) is 1.50. The largest absolute Gasteiger partial charge is 0.508 e. The molecule has 0 bridgehead atoms. The smallest absolute Gasteiger partial charge is 0.256 e. The monoisotopic (exact) mass is 376 g/mol. The summed E-state index contributed by atoms with van der Waals surface area (Å²) in [6.45, 7) is -0.203. The van der Waals surface area contributed by atoms with Gasteiger partial charge in [-0.05, 0) is 29.8 Å². The molecule has 0 aromatic heterocycles. The molecule has 0 radical (unpaired) electrons. The third-order valence-corrected chi connectivity index (χ3v) is 3.83. The zero-order valence-electron chi connectivity index (χ0n) is 13.0. The number of amidine groups is 1. The van der Waals surface area contributed by atoms with E-state index in [4.69, 9.17) is 39.9 Å². The third-order valence-electron chi connectivity index (χ3n) is 3.20. The van der Waals surface area contributed by atoms with Crippen molar-refractivity contribution in [2.24, 2.45) is 0 Å². The van der Waals surface area contributed by atoms with E-state index in [1.807, 2.05) is 0 Å². The van der Waals surface area contributed by atoms with Crippen molar-refractivity contribution in [2.45, 2.75) is 6.42 Å². The first kappa shape index (κ1) is 18.8. The van der Waals surface area contributed by atoms with Gasteiger partial charge in [0.05, 0.1) is 22.0 Å². The van der Waals surface area contributed by atoms with Crippen molar-refractivity contribution < 1.29 is 14.7 Å². The zero-order valence-corrected chi connectivity index (χ0v) is 14.5. The Morgan fingerprint density at radius 1 is 1.20 bits per heavy atom. The molecule has 0 fully saturated rings. The number of terminal acetylenes is 1. The molecule has 5 nitrogen and oxygen atoms in total. The molecule has 7 heteroatoms. The molecule has 2 aromatic carbocycles. The molecule has 0 saturated carbocycles. The standard InChI is InChI=1S/C18H14Cl2N2O3/c1-2-10-25-22(16(24)11-12-6-8-13(23)9-7-12)18(21)17-14(19)4-3-5-15(17)20/h1,3-9,21,23H,10-11H2. The minimum absolute atomic E-state index is 0.0602. The molecule has 2 N–H and O–H groups in total. The number of carbonyl (C=O) groups excluding carboxylic acids is 1. The Bertz CT molecular complexity index is 809. The lowest BCUT2D eigenvalue weighted by Gasteiger charge is -2.22. The van der Waals surface area contributed by atoms with Gasteiger partial charge in [-0.2, -0.15) is 5.06 Å². The predicted octanol–water partition coefficient (Wildman–Crippen LogP) is 3.66. The Hall–Kier alpha value is -2.52. The number of hydrogen-bond donors (Lipinski definition) is 2. The molecule has 0 saturated heterocycles. The van der Waals surface area contributed by atoms with Gasteiger partial charge in [-0.25, -0.2) is 0 Å². The second kappa shape index (κ2) is 8.54. The van der Waals surface area contributed by atoms with Crippen LogP contribution < -0.4 is 0 Å². The van der Waals surface area contributed by atoms with Crippen molar-refractivity contribution >= 4 is 34.9 Å². The highest BCUT2D eigenvalue weighted by molar-refractivity contribution is 6.40. The first-order chi connectivity index (χ1) is 11.9. The van der Waals surface area contributed by atoms with E-state index in [9.17, 15) is 9.90 Å². The van der Waals surface area contributed by atoms with Crippen LogP contribution in [0, 0.1) is 17.8 Å². The van der Waals surface area contributed by atoms with E-state index in [0.29, 0.717) is 5.56 Å². The SMILES string of the molecule is C#CCON(C(=N)c1c(Cl)cccc1Cl)C(=O)Cc1ccc(O)cc1. The van der Waals surface area contributed by atoms with E-state index in [2.05, 4.69) is 5.92 Å². The maximum absolute atomic E-state index is 12.6. The first-order valence-corrected chi connectivity index (χ1v) is 7.89. The van der Waals surface area contributed by atoms with E-state index in [-0.39, 0.29) is 40.2 Å². The van der Waals surface area contributed by atoms with E-state index < -0.39 is 5.91 Å². The van der Waals surface area contributed by atoms with Crippen LogP contribution in [-0.2, 0) is 16.1 Å². The lowest BCUT2D eigenvalue weighted by molar-refractivity contribution is -0.158. The van der Waals surface area contributed by atoms with Gasteiger partial charge in [0, 0.05) is 0 Å². The molecule has 0 heterocycles. The number of nitrogens with one attached hydrogen (secondary N) is 1. The molecule has 2 rings (SSSR count). The van der Waals surface area contributed by atoms with E-state index in [1.165, 1.54) is 12.1 Å². The summed E-state index contributed by atoms with van der Waals surface area (Å²) in [6, 6.07) is 10.9. The molecule has 0 spiro atoms. The van der Waals surface area contributed by atoms with Gasteiger partial charge in [-0.3, -0.25) is 15.0 Å². The third kappa shape index (κ3) is 4.74. The van der Waals surface area contributed by atoms with Crippen molar-refractivity contribution in [2.75, 3.05) is 6.61 Å². The van der Waals surface area contributed by atoms with Gasteiger partial charge in [0.25, 0.3) is 5.91 Å². The molecule has 0 aliphatic carbocycles. The van der Waals surface area contributed by atoms with Crippen LogP contribution in [0.15, 0.2) is 42.5 Å². The minimum Gasteiger partial charge on any atom is -0.508 e. The van der Waals surface area contributed by atoms with Gasteiger partial charge in [0.2, 0.25) is 0 Å². The van der Waals surface area contributed by atoms with Gasteiger partial charge in [-0.1, -0.05) is 47.3 Å². The summed E-state index contributed by atoms with van der Waals surface area (Å²) in [5.41, 5.74) is 0.803. The Morgan fingerprint density at radius 3 is 2.36 bits per heavy atom. The summed E-state index contributed by atoms with van der Waals surface area (Å²) < 4.78 is 0. The van der Waals surface area contributed by atoms with Crippen LogP contribution in [0.5, 0.6) is 5.75 Å². The van der Waals surface area contributed by atoms with Gasteiger partial charge in [-0.15, -0.1) is 6.42 Å². The average Bonchev–Trinajstić information content (AvgIpc) is 2.57. The highest BCUT2D eigenvalue weighted by Gasteiger charge is 2.24. The van der Waals surface area contributed by atoms with Crippen LogP contribution in [0.3, 0.4) is 0 Å². The predicted molar refractivity (Wildman–Crippen MR) is 96.7 cm³/mol. The topological polar surface area (TPSA) is 73.6 Å². The number of hydrogen-bond acceptors (Lipinski definition) is 4. The van der Waals surface area contributed by atoms with Crippen molar-refractivity contribution in [3.05, 3.63) is 63.6 Å². The van der Waals surface area contributed by atoms with E-state index in [1.54, 1.807) is 30.3 Å². The van der Waals surface area contributed by atoms with Crippen molar-refractivity contribution in [3.63, 3.8) is 0 Å². The molecule has 25 heavy (non-hydrogen) atoms. The molecule has 0 atom stereocenters. The van der Waals surface area contributed by atoms with Crippen LogP contribution >= 0.6 is 23.2 Å². The average molecular weight is 377 g/mol. The number of nitrogens with zero attached hydrogens (tertiary/aromatic N) is 1. The van der Waals surface area contributed by atoms with Gasteiger partial charge in [0.15, 0.2) is 5.84 Å². The second-order valence-electron chi connectivity index (χ2n) is 4.95. The summed E-state index contributed by atoms with van der Waals surface area (Å²) in [5, 5.41) is 18.8. The maximum Gasteiger partial charge on any atom is 0.256 e. The number of aromatic hydroxyl groups is 1. The Balaban J connectivity index is 2.28. The Labute approximate surface area is 155 Å². The number of phenolic OH excluding ortho intramolecular Hbond substituents is 1. The Kier molecular flexibility index (Phi) is 6.43. The van der Waals surface area contributed by atoms with Crippen LogP contribution in [0.25, 0.3) is 0 Å². The number of hydroxylamine groups is 2. The van der Waals surface area contributed by atoms with Gasteiger partial charge >= 0.3 is 0 Å². The van der Waals surface area contributed by atoms with Crippen molar-refractivity contribution in [1.29, 1.82) is 5.41 Å². The quantitative estimate of drug-likeness (QED) is 0.362. The van der Waals surface area contributed by atoms with Crippen molar-refractivity contribution in [1.82, 2.24) is 5.06 Å². The van der Waals surface area contributed by atoms with Crippen LogP contribution in [0.4, 0.5) is 0 Å². The van der Waals surface area contributed by atoms with Crippen LogP contribution in [-0.4, -0.2) is 28.5 Å². The van der Waals surface area contributed by atoms with Crippen molar-refractivity contribution in [3.8, 4) is 18.1 Å². The number of rotatable bonds is 5. The fourth-order valence-electron chi connectivity index (χ4n) is 2.05. The molecule has 2 aromatic rings. The molecule has 0 unspecified atom stereocenters. The minimum atomic E-state index is -0.526. The fraction of sp³-hybridized carbons (Fsp3) is 0.111. The highest BCUT2D eigenvalue weighted by atomic mass is 35.5. The van der Waals surface area contributed by atoms with Gasteiger partial charge < -0.3 is 5.11 Å². The molecular formula is C18H14Cl2N2O3. The molecule has 0 aliphatic rings. The number of halogens is 2. The second-order valence-corrected chi connectivity index (χ2v) is 5.77. The fourth-order valence-corrected chi connectivity index (χ4v) is 2.63. The lowest BCUT2D eigenvalue weighted by Crippen LogP contribution is -2.38. The molecule has 1 amide bonds.